The number of nitrogen functional groups attached to an aromatic ring is 1. The Balaban J connectivity index is 2.56. The van der Waals surface area contributed by atoms with Crippen LogP contribution >= 0.6 is 0 Å². The molecule has 0 radical (unpaired) electrons. The first kappa shape index (κ1) is 12.8. The van der Waals surface area contributed by atoms with Crippen molar-refractivity contribution in [2.24, 2.45) is 0 Å². The van der Waals surface area contributed by atoms with Gasteiger partial charge in [-0.15, -0.1) is 0 Å². The van der Waals surface area contributed by atoms with Gasteiger partial charge >= 0.3 is 0 Å². The lowest BCUT2D eigenvalue weighted by Gasteiger charge is -2.12. The molecule has 0 aliphatic rings. The van der Waals surface area contributed by atoms with Gasteiger partial charge in [0.1, 0.15) is 0 Å². The van der Waals surface area contributed by atoms with E-state index in [4.69, 9.17) is 11.0 Å². The van der Waals surface area contributed by atoms with Crippen LogP contribution < -0.4 is 5.73 Å². The standard InChI is InChI=1S/C13H15N3O/c1-16(10-2-9-14)13(17)8-5-11-3-6-12(15)7-4-11/h3-8H,2,10,15H2,1H3/b8-5+. The Kier molecular flexibility index (Phi) is 4.77. The molecule has 0 saturated carbocycles. The van der Waals surface area contributed by atoms with Crippen molar-refractivity contribution < 1.29 is 4.79 Å². The first-order valence-electron chi connectivity index (χ1n) is 5.29. The van der Waals surface area contributed by atoms with Gasteiger partial charge in [0.25, 0.3) is 0 Å². The van der Waals surface area contributed by atoms with Crippen molar-refractivity contribution in [2.45, 2.75) is 6.42 Å². The normalized spacial score (nSPS) is 10.1. The van der Waals surface area contributed by atoms with Crippen LogP contribution in [0.3, 0.4) is 0 Å². The van der Waals surface area contributed by atoms with E-state index in [1.165, 1.54) is 11.0 Å². The van der Waals surface area contributed by atoms with Gasteiger partial charge in [-0.1, -0.05) is 12.1 Å². The number of hydrogen-bond donors (Lipinski definition) is 1. The molecule has 0 unspecified atom stereocenters. The Morgan fingerprint density at radius 3 is 2.71 bits per heavy atom. The van der Waals surface area contributed by atoms with Crippen LogP contribution in [0.2, 0.25) is 0 Å². The molecule has 0 aliphatic carbocycles. The smallest absolute Gasteiger partial charge is 0.246 e. The Labute approximate surface area is 101 Å². The van der Waals surface area contributed by atoms with Crippen molar-refractivity contribution in [3.63, 3.8) is 0 Å². The fraction of sp³-hybridized carbons (Fsp3) is 0.231. The molecular weight excluding hydrogens is 214 g/mol. The third-order valence-corrected chi connectivity index (χ3v) is 2.29. The molecule has 0 aromatic heterocycles. The number of nitrogens with zero attached hydrogens (tertiary/aromatic N) is 2. The van der Waals surface area contributed by atoms with Crippen LogP contribution in [0, 0.1) is 11.3 Å². The topological polar surface area (TPSA) is 70.1 Å². The van der Waals surface area contributed by atoms with E-state index < -0.39 is 0 Å². The molecule has 1 aromatic carbocycles. The van der Waals surface area contributed by atoms with E-state index in [9.17, 15) is 4.79 Å². The van der Waals surface area contributed by atoms with E-state index in [0.717, 1.165) is 5.56 Å². The summed E-state index contributed by atoms with van der Waals surface area (Å²) in [5.41, 5.74) is 7.17. The average molecular weight is 229 g/mol. The molecule has 4 heteroatoms. The first-order valence-corrected chi connectivity index (χ1v) is 5.29. The zero-order valence-corrected chi connectivity index (χ0v) is 9.76. The highest BCUT2D eigenvalue weighted by molar-refractivity contribution is 5.91. The van der Waals surface area contributed by atoms with E-state index in [2.05, 4.69) is 0 Å². The second-order valence-electron chi connectivity index (χ2n) is 3.67. The van der Waals surface area contributed by atoms with E-state index in [1.807, 2.05) is 18.2 Å². The highest BCUT2D eigenvalue weighted by Crippen LogP contribution is 2.07. The summed E-state index contributed by atoms with van der Waals surface area (Å²) in [6, 6.07) is 9.25. The maximum absolute atomic E-state index is 11.6. The van der Waals surface area contributed by atoms with Crippen molar-refractivity contribution in [3.05, 3.63) is 35.9 Å². The van der Waals surface area contributed by atoms with Crippen LogP contribution in [0.15, 0.2) is 30.3 Å². The Hall–Kier alpha value is -2.28. The maximum Gasteiger partial charge on any atom is 0.246 e. The van der Waals surface area contributed by atoms with Gasteiger partial charge in [-0.25, -0.2) is 0 Å². The lowest BCUT2D eigenvalue weighted by Crippen LogP contribution is -2.25. The number of rotatable bonds is 4. The second-order valence-corrected chi connectivity index (χ2v) is 3.67. The molecule has 0 aliphatic heterocycles. The van der Waals surface area contributed by atoms with Gasteiger partial charge in [-0.2, -0.15) is 5.26 Å². The molecule has 88 valence electrons. The van der Waals surface area contributed by atoms with Gasteiger partial charge in [0.2, 0.25) is 5.91 Å². The fourth-order valence-corrected chi connectivity index (χ4v) is 1.23. The zero-order chi connectivity index (χ0) is 12.7. The van der Waals surface area contributed by atoms with Gasteiger partial charge in [0.15, 0.2) is 0 Å². The van der Waals surface area contributed by atoms with E-state index in [-0.39, 0.29) is 5.91 Å². The summed E-state index contributed by atoms with van der Waals surface area (Å²) in [5.74, 6) is -0.114. The number of nitrogens with two attached hydrogens (primary N) is 1. The summed E-state index contributed by atoms with van der Waals surface area (Å²) in [4.78, 5) is 13.1. The molecule has 0 saturated heterocycles. The quantitative estimate of drug-likeness (QED) is 0.630. The van der Waals surface area contributed by atoms with Crippen LogP contribution in [-0.2, 0) is 4.79 Å². The van der Waals surface area contributed by atoms with Crippen molar-refractivity contribution in [1.29, 1.82) is 5.26 Å². The number of anilines is 1. The Bertz CT molecular complexity index is 443. The van der Waals surface area contributed by atoms with Crippen LogP contribution in [0.4, 0.5) is 5.69 Å². The van der Waals surface area contributed by atoms with Crippen LogP contribution in [0.5, 0.6) is 0 Å². The average Bonchev–Trinajstić information content (AvgIpc) is 2.34. The highest BCUT2D eigenvalue weighted by atomic mass is 16.2. The Morgan fingerprint density at radius 1 is 1.47 bits per heavy atom. The second kappa shape index (κ2) is 6.33. The van der Waals surface area contributed by atoms with Crippen molar-refractivity contribution in [2.75, 3.05) is 19.3 Å². The van der Waals surface area contributed by atoms with Gasteiger partial charge in [0.05, 0.1) is 12.5 Å². The summed E-state index contributed by atoms with van der Waals surface area (Å²) in [6.07, 6.45) is 3.56. The number of carbonyl (C=O) groups is 1. The lowest BCUT2D eigenvalue weighted by molar-refractivity contribution is -0.124. The minimum absolute atomic E-state index is 0.114. The summed E-state index contributed by atoms with van der Waals surface area (Å²) in [7, 11) is 1.67. The fourth-order valence-electron chi connectivity index (χ4n) is 1.23. The minimum Gasteiger partial charge on any atom is -0.399 e. The number of benzene rings is 1. The number of likely N-dealkylation sites (N-methyl/N-ethyl adjacent to an activating group) is 1. The minimum atomic E-state index is -0.114. The van der Waals surface area contributed by atoms with E-state index in [1.54, 1.807) is 25.3 Å². The summed E-state index contributed by atoms with van der Waals surface area (Å²) in [6.45, 7) is 0.446. The molecule has 1 aromatic rings. The highest BCUT2D eigenvalue weighted by Gasteiger charge is 2.03. The van der Waals surface area contributed by atoms with Crippen LogP contribution in [-0.4, -0.2) is 24.4 Å². The van der Waals surface area contributed by atoms with Crippen molar-refractivity contribution in [1.82, 2.24) is 4.90 Å². The molecule has 1 rings (SSSR count). The number of carbonyl (C=O) groups excluding carboxylic acids is 1. The Morgan fingerprint density at radius 2 is 2.12 bits per heavy atom. The molecule has 0 atom stereocenters. The monoisotopic (exact) mass is 229 g/mol. The molecule has 0 bridgehead atoms. The predicted molar refractivity (Wildman–Crippen MR) is 67.8 cm³/mol. The lowest BCUT2D eigenvalue weighted by atomic mass is 10.2. The van der Waals surface area contributed by atoms with E-state index in [0.29, 0.717) is 18.7 Å². The van der Waals surface area contributed by atoms with Gasteiger partial charge in [-0.05, 0) is 23.8 Å². The summed E-state index contributed by atoms with van der Waals surface area (Å²) in [5, 5.41) is 8.41. The summed E-state index contributed by atoms with van der Waals surface area (Å²) < 4.78 is 0. The van der Waals surface area contributed by atoms with Crippen LogP contribution in [0.25, 0.3) is 6.08 Å². The maximum atomic E-state index is 11.6. The third kappa shape index (κ3) is 4.39. The molecule has 0 heterocycles. The molecule has 2 N–H and O–H groups in total. The van der Waals surface area contributed by atoms with Gasteiger partial charge < -0.3 is 10.6 Å². The third-order valence-electron chi connectivity index (χ3n) is 2.29. The van der Waals surface area contributed by atoms with Gasteiger partial charge in [0, 0.05) is 25.4 Å². The number of amides is 1. The largest absolute Gasteiger partial charge is 0.399 e. The molecule has 4 nitrogen and oxygen atoms in total. The van der Waals surface area contributed by atoms with Crippen molar-refractivity contribution in [3.8, 4) is 6.07 Å². The molecule has 1 amide bonds. The predicted octanol–water partition coefficient (Wildman–Crippen LogP) is 1.65. The zero-order valence-electron chi connectivity index (χ0n) is 9.76. The van der Waals surface area contributed by atoms with Crippen LogP contribution in [0.1, 0.15) is 12.0 Å². The number of hydrogen-bond acceptors (Lipinski definition) is 3. The molecular formula is C13H15N3O. The molecule has 17 heavy (non-hydrogen) atoms. The molecule has 0 spiro atoms. The summed E-state index contributed by atoms with van der Waals surface area (Å²) >= 11 is 0. The van der Waals surface area contributed by atoms with Crippen molar-refractivity contribution >= 4 is 17.7 Å². The molecule has 0 fully saturated rings. The number of nitriles is 1. The van der Waals surface area contributed by atoms with E-state index >= 15 is 0 Å². The van der Waals surface area contributed by atoms with Gasteiger partial charge in [-0.3, -0.25) is 4.79 Å². The first-order chi connectivity index (χ1) is 8.13. The SMILES string of the molecule is CN(CCC#N)C(=O)/C=C/c1ccc(N)cc1.